The second kappa shape index (κ2) is 4.77. The largest absolute Gasteiger partial charge is 0.480 e. The van der Waals surface area contributed by atoms with Crippen LogP contribution >= 0.6 is 0 Å². The molecule has 1 saturated heterocycles. The third-order valence-electron chi connectivity index (χ3n) is 3.07. The number of aliphatic carboxylic acids is 1. The maximum Gasteiger partial charge on any atom is 0.323 e. The quantitative estimate of drug-likeness (QED) is 0.704. The summed E-state index contributed by atoms with van der Waals surface area (Å²) in [6, 6.07) is -0.458. The van der Waals surface area contributed by atoms with E-state index in [0.29, 0.717) is 13.2 Å². The second-order valence-corrected chi connectivity index (χ2v) is 4.15. The molecule has 0 aromatic heterocycles. The minimum Gasteiger partial charge on any atom is -0.480 e. The Kier molecular flexibility index (Phi) is 3.38. The van der Waals surface area contributed by atoms with Crippen molar-refractivity contribution in [2.75, 3.05) is 26.3 Å². The molecule has 1 atom stereocenters. The molecular formula is C11H17NO3. The van der Waals surface area contributed by atoms with Crippen molar-refractivity contribution in [2.45, 2.75) is 25.3 Å². The number of allylic oxidation sites excluding steroid dienone is 1. The van der Waals surface area contributed by atoms with Crippen LogP contribution in [0.25, 0.3) is 0 Å². The van der Waals surface area contributed by atoms with Crippen LogP contribution in [-0.4, -0.2) is 48.3 Å². The van der Waals surface area contributed by atoms with E-state index < -0.39 is 12.0 Å². The van der Waals surface area contributed by atoms with Gasteiger partial charge in [-0.05, 0) is 19.3 Å². The zero-order valence-electron chi connectivity index (χ0n) is 8.82. The van der Waals surface area contributed by atoms with Gasteiger partial charge in [-0.1, -0.05) is 11.6 Å². The van der Waals surface area contributed by atoms with Gasteiger partial charge in [-0.2, -0.15) is 0 Å². The number of hydrogen-bond acceptors (Lipinski definition) is 3. The molecule has 4 heteroatoms. The highest BCUT2D eigenvalue weighted by atomic mass is 16.5. The van der Waals surface area contributed by atoms with Gasteiger partial charge in [0, 0.05) is 13.1 Å². The van der Waals surface area contributed by atoms with Crippen molar-refractivity contribution in [3.63, 3.8) is 0 Å². The van der Waals surface area contributed by atoms with Crippen LogP contribution in [0, 0.1) is 0 Å². The third-order valence-corrected chi connectivity index (χ3v) is 3.07. The summed E-state index contributed by atoms with van der Waals surface area (Å²) in [5.74, 6) is -0.770. The summed E-state index contributed by atoms with van der Waals surface area (Å²) >= 11 is 0. The zero-order chi connectivity index (χ0) is 10.7. The minimum atomic E-state index is -0.770. The topological polar surface area (TPSA) is 49.8 Å². The maximum atomic E-state index is 11.0. The number of carboxylic acid groups (broad SMARTS) is 1. The van der Waals surface area contributed by atoms with Crippen molar-refractivity contribution >= 4 is 5.97 Å². The van der Waals surface area contributed by atoms with Gasteiger partial charge in [0.2, 0.25) is 0 Å². The first kappa shape index (κ1) is 10.6. The number of rotatable bonds is 3. The molecule has 0 amide bonds. The van der Waals surface area contributed by atoms with Crippen LogP contribution in [0.15, 0.2) is 11.6 Å². The van der Waals surface area contributed by atoms with Gasteiger partial charge >= 0.3 is 5.97 Å². The van der Waals surface area contributed by atoms with Crippen molar-refractivity contribution in [1.29, 1.82) is 0 Å². The smallest absolute Gasteiger partial charge is 0.323 e. The van der Waals surface area contributed by atoms with Crippen molar-refractivity contribution in [1.82, 2.24) is 4.90 Å². The van der Waals surface area contributed by atoms with Gasteiger partial charge in [-0.15, -0.1) is 0 Å². The standard InChI is InChI=1S/C11H17NO3/c13-11(14)10-8-15-6-5-12(10)7-9-3-1-2-4-9/h3,10H,1-2,4-8H2,(H,13,14). The van der Waals surface area contributed by atoms with Crippen LogP contribution in [-0.2, 0) is 9.53 Å². The molecule has 15 heavy (non-hydrogen) atoms. The summed E-state index contributed by atoms with van der Waals surface area (Å²) in [6.07, 6.45) is 5.74. The van der Waals surface area contributed by atoms with Crippen molar-refractivity contribution in [2.24, 2.45) is 0 Å². The Hall–Kier alpha value is -0.870. The number of carboxylic acids is 1. The highest BCUT2D eigenvalue weighted by molar-refractivity contribution is 5.73. The number of nitrogens with zero attached hydrogens (tertiary/aromatic N) is 1. The predicted molar refractivity (Wildman–Crippen MR) is 55.7 cm³/mol. The molecule has 1 N–H and O–H groups in total. The van der Waals surface area contributed by atoms with E-state index in [0.717, 1.165) is 25.9 Å². The van der Waals surface area contributed by atoms with Crippen LogP contribution in [0.1, 0.15) is 19.3 Å². The van der Waals surface area contributed by atoms with Gasteiger partial charge in [0.15, 0.2) is 0 Å². The van der Waals surface area contributed by atoms with Gasteiger partial charge < -0.3 is 9.84 Å². The lowest BCUT2D eigenvalue weighted by atomic mass is 10.1. The number of carbonyl (C=O) groups is 1. The van der Waals surface area contributed by atoms with Gasteiger partial charge in [0.25, 0.3) is 0 Å². The minimum absolute atomic E-state index is 0.322. The molecule has 0 radical (unpaired) electrons. The molecule has 1 unspecified atom stereocenters. The first-order valence-corrected chi connectivity index (χ1v) is 5.50. The molecular weight excluding hydrogens is 194 g/mol. The van der Waals surface area contributed by atoms with Gasteiger partial charge in [0.05, 0.1) is 13.2 Å². The van der Waals surface area contributed by atoms with E-state index >= 15 is 0 Å². The Bertz CT molecular complexity index is 275. The molecule has 0 aromatic carbocycles. The maximum absolute atomic E-state index is 11.0. The Morgan fingerprint density at radius 2 is 2.53 bits per heavy atom. The molecule has 0 spiro atoms. The number of ether oxygens (including phenoxy) is 1. The average molecular weight is 211 g/mol. The van der Waals surface area contributed by atoms with Crippen LogP contribution in [0.3, 0.4) is 0 Å². The van der Waals surface area contributed by atoms with Crippen LogP contribution in [0.4, 0.5) is 0 Å². The fraction of sp³-hybridized carbons (Fsp3) is 0.727. The fourth-order valence-corrected chi connectivity index (χ4v) is 2.20. The van der Waals surface area contributed by atoms with E-state index in [1.54, 1.807) is 0 Å². The summed E-state index contributed by atoms with van der Waals surface area (Å²) in [5, 5.41) is 9.04. The van der Waals surface area contributed by atoms with E-state index in [2.05, 4.69) is 6.08 Å². The Morgan fingerprint density at radius 3 is 3.20 bits per heavy atom. The van der Waals surface area contributed by atoms with E-state index in [4.69, 9.17) is 9.84 Å². The van der Waals surface area contributed by atoms with Crippen LogP contribution < -0.4 is 0 Å². The summed E-state index contributed by atoms with van der Waals surface area (Å²) in [4.78, 5) is 13.0. The molecule has 2 aliphatic rings. The predicted octanol–water partition coefficient (Wildman–Crippen LogP) is 0.882. The van der Waals surface area contributed by atoms with Crippen molar-refractivity contribution in [3.05, 3.63) is 11.6 Å². The summed E-state index contributed by atoms with van der Waals surface area (Å²) in [7, 11) is 0. The molecule has 1 heterocycles. The highest BCUT2D eigenvalue weighted by Gasteiger charge is 2.29. The number of morpholine rings is 1. The Balaban J connectivity index is 1.95. The second-order valence-electron chi connectivity index (χ2n) is 4.15. The summed E-state index contributed by atoms with van der Waals surface area (Å²) in [6.45, 7) is 2.51. The molecule has 0 aromatic rings. The van der Waals surface area contributed by atoms with Crippen LogP contribution in [0.2, 0.25) is 0 Å². The van der Waals surface area contributed by atoms with Crippen molar-refractivity contribution < 1.29 is 14.6 Å². The summed E-state index contributed by atoms with van der Waals surface area (Å²) in [5.41, 5.74) is 1.39. The van der Waals surface area contributed by atoms with Gasteiger partial charge in [-0.3, -0.25) is 9.69 Å². The molecule has 0 bridgehead atoms. The van der Waals surface area contributed by atoms with Crippen LogP contribution in [0.5, 0.6) is 0 Å². The summed E-state index contributed by atoms with van der Waals surface area (Å²) < 4.78 is 5.20. The van der Waals surface area contributed by atoms with E-state index in [-0.39, 0.29) is 0 Å². The molecule has 4 nitrogen and oxygen atoms in total. The Morgan fingerprint density at radius 1 is 1.67 bits per heavy atom. The molecule has 1 aliphatic heterocycles. The van der Waals surface area contributed by atoms with E-state index in [1.165, 1.54) is 12.0 Å². The SMILES string of the molecule is O=C(O)C1COCCN1CC1=CCCC1. The third kappa shape index (κ3) is 2.58. The molecule has 84 valence electrons. The monoisotopic (exact) mass is 211 g/mol. The Labute approximate surface area is 89.5 Å². The normalized spacial score (nSPS) is 27.7. The first-order valence-electron chi connectivity index (χ1n) is 5.50. The average Bonchev–Trinajstić information content (AvgIpc) is 2.71. The van der Waals surface area contributed by atoms with Crippen molar-refractivity contribution in [3.8, 4) is 0 Å². The van der Waals surface area contributed by atoms with E-state index in [1.807, 2.05) is 4.90 Å². The van der Waals surface area contributed by atoms with Gasteiger partial charge in [-0.25, -0.2) is 0 Å². The van der Waals surface area contributed by atoms with E-state index in [9.17, 15) is 4.79 Å². The lowest BCUT2D eigenvalue weighted by Gasteiger charge is -2.33. The molecule has 1 aliphatic carbocycles. The fourth-order valence-electron chi connectivity index (χ4n) is 2.20. The lowest BCUT2D eigenvalue weighted by Crippen LogP contribution is -2.50. The zero-order valence-corrected chi connectivity index (χ0v) is 8.82. The van der Waals surface area contributed by atoms with Gasteiger partial charge in [0.1, 0.15) is 6.04 Å². The molecule has 0 saturated carbocycles. The lowest BCUT2D eigenvalue weighted by molar-refractivity contribution is -0.149. The first-order chi connectivity index (χ1) is 7.27. The highest BCUT2D eigenvalue weighted by Crippen LogP contribution is 2.20. The molecule has 2 rings (SSSR count). The number of hydrogen-bond donors (Lipinski definition) is 1. The molecule has 1 fully saturated rings.